The molecule has 0 fully saturated rings. The number of nitrogens with one attached hydrogen (secondary N) is 1. The molecule has 2 N–H and O–H groups in total. The highest BCUT2D eigenvalue weighted by Gasteiger charge is 2.15. The smallest absolute Gasteiger partial charge is 0.252 e. The quantitative estimate of drug-likeness (QED) is 0.881. The van der Waals surface area contributed by atoms with E-state index in [0.29, 0.717) is 5.56 Å². The molecule has 1 amide bonds. The maximum Gasteiger partial charge on any atom is 0.252 e. The van der Waals surface area contributed by atoms with Crippen LogP contribution in [-0.4, -0.2) is 17.6 Å². The van der Waals surface area contributed by atoms with Gasteiger partial charge in [-0.2, -0.15) is 0 Å². The first kappa shape index (κ1) is 13.3. The zero-order valence-electron chi connectivity index (χ0n) is 10.8. The minimum atomic E-state index is -0.381. The molecule has 0 bridgehead atoms. The number of carbonyl (C=O) groups is 1. The Morgan fingerprint density at radius 2 is 1.74 bits per heavy atom. The van der Waals surface area contributed by atoms with E-state index in [1.807, 2.05) is 55.5 Å². The lowest BCUT2D eigenvalue weighted by Crippen LogP contribution is -2.31. The van der Waals surface area contributed by atoms with Crippen LogP contribution in [0.4, 0.5) is 0 Å². The van der Waals surface area contributed by atoms with Gasteiger partial charge in [0.15, 0.2) is 0 Å². The molecule has 0 aliphatic rings. The normalized spacial score (nSPS) is 11.9. The van der Waals surface area contributed by atoms with E-state index in [-0.39, 0.29) is 18.6 Å². The monoisotopic (exact) mass is 255 g/mol. The van der Waals surface area contributed by atoms with E-state index in [1.54, 1.807) is 6.07 Å². The molecule has 0 radical (unpaired) electrons. The third-order valence-electron chi connectivity index (χ3n) is 3.08. The molecule has 1 atom stereocenters. The van der Waals surface area contributed by atoms with Gasteiger partial charge in [-0.15, -0.1) is 0 Å². The summed E-state index contributed by atoms with van der Waals surface area (Å²) in [6, 6.07) is 16.5. The average molecular weight is 255 g/mol. The summed E-state index contributed by atoms with van der Waals surface area (Å²) >= 11 is 0. The first-order valence-corrected chi connectivity index (χ1v) is 6.24. The summed E-state index contributed by atoms with van der Waals surface area (Å²) in [5.74, 6) is -0.166. The summed E-state index contributed by atoms with van der Waals surface area (Å²) < 4.78 is 0. The third-order valence-corrected chi connectivity index (χ3v) is 3.08. The number of carbonyl (C=O) groups excluding carboxylic acids is 1. The van der Waals surface area contributed by atoms with Gasteiger partial charge in [0.25, 0.3) is 5.91 Å². The van der Waals surface area contributed by atoms with Crippen LogP contribution in [0, 0.1) is 6.92 Å². The number of benzene rings is 2. The minimum absolute atomic E-state index is 0.123. The summed E-state index contributed by atoms with van der Waals surface area (Å²) in [5.41, 5.74) is 2.45. The Kier molecular flexibility index (Phi) is 4.31. The number of hydrogen-bond donors (Lipinski definition) is 2. The summed E-state index contributed by atoms with van der Waals surface area (Å²) in [5, 5.41) is 12.3. The first-order valence-electron chi connectivity index (χ1n) is 6.24. The summed E-state index contributed by atoms with van der Waals surface area (Å²) in [7, 11) is 0. The van der Waals surface area contributed by atoms with Crippen molar-refractivity contribution in [3.05, 3.63) is 71.3 Å². The lowest BCUT2D eigenvalue weighted by atomic mass is 10.1. The fourth-order valence-corrected chi connectivity index (χ4v) is 1.98. The van der Waals surface area contributed by atoms with E-state index in [1.165, 1.54) is 0 Å². The van der Waals surface area contributed by atoms with E-state index >= 15 is 0 Å². The van der Waals surface area contributed by atoms with E-state index in [2.05, 4.69) is 5.32 Å². The largest absolute Gasteiger partial charge is 0.394 e. The van der Waals surface area contributed by atoms with Gasteiger partial charge in [-0.3, -0.25) is 4.79 Å². The van der Waals surface area contributed by atoms with Crippen LogP contribution in [0.5, 0.6) is 0 Å². The van der Waals surface area contributed by atoms with Crippen LogP contribution in [0.25, 0.3) is 0 Å². The minimum Gasteiger partial charge on any atom is -0.394 e. The number of hydrogen-bond acceptors (Lipinski definition) is 2. The van der Waals surface area contributed by atoms with Gasteiger partial charge in [-0.25, -0.2) is 0 Å². The highest BCUT2D eigenvalue weighted by atomic mass is 16.3. The van der Waals surface area contributed by atoms with Crippen LogP contribution in [-0.2, 0) is 0 Å². The molecule has 0 heterocycles. The average Bonchev–Trinajstić information content (AvgIpc) is 2.46. The van der Waals surface area contributed by atoms with Crippen molar-refractivity contribution in [2.75, 3.05) is 6.61 Å². The lowest BCUT2D eigenvalue weighted by molar-refractivity contribution is 0.0915. The molecule has 98 valence electrons. The second-order valence-corrected chi connectivity index (χ2v) is 4.43. The number of amides is 1. The molecule has 2 rings (SSSR count). The fourth-order valence-electron chi connectivity index (χ4n) is 1.98. The summed E-state index contributed by atoms with van der Waals surface area (Å²) in [6.45, 7) is 1.77. The predicted octanol–water partition coefficient (Wildman–Crippen LogP) is 2.46. The van der Waals surface area contributed by atoms with E-state index < -0.39 is 0 Å². The van der Waals surface area contributed by atoms with Gasteiger partial charge in [0.1, 0.15) is 0 Å². The van der Waals surface area contributed by atoms with Crippen LogP contribution >= 0.6 is 0 Å². The third kappa shape index (κ3) is 3.20. The standard InChI is InChI=1S/C16H17NO2/c1-12-7-5-6-10-14(12)16(19)17-15(11-18)13-8-3-2-4-9-13/h2-10,15,18H,11H2,1H3,(H,17,19). The number of aliphatic hydroxyl groups is 1. The van der Waals surface area contributed by atoms with Crippen molar-refractivity contribution in [1.82, 2.24) is 5.32 Å². The Labute approximate surface area is 112 Å². The molecule has 0 aromatic heterocycles. The van der Waals surface area contributed by atoms with Crippen LogP contribution in [0.15, 0.2) is 54.6 Å². The molecule has 2 aromatic rings. The Hall–Kier alpha value is -2.13. The van der Waals surface area contributed by atoms with Gasteiger partial charge >= 0.3 is 0 Å². The van der Waals surface area contributed by atoms with Gasteiger partial charge in [0.05, 0.1) is 12.6 Å². The second kappa shape index (κ2) is 6.16. The van der Waals surface area contributed by atoms with Crippen molar-refractivity contribution < 1.29 is 9.90 Å². The molecule has 0 spiro atoms. The van der Waals surface area contributed by atoms with Crippen molar-refractivity contribution in [3.63, 3.8) is 0 Å². The highest BCUT2D eigenvalue weighted by Crippen LogP contribution is 2.14. The van der Waals surface area contributed by atoms with E-state index in [9.17, 15) is 9.90 Å². The van der Waals surface area contributed by atoms with Gasteiger partial charge in [0, 0.05) is 5.56 Å². The molecule has 0 aliphatic heterocycles. The molecular formula is C16H17NO2. The highest BCUT2D eigenvalue weighted by molar-refractivity contribution is 5.95. The van der Waals surface area contributed by atoms with E-state index in [4.69, 9.17) is 0 Å². The molecular weight excluding hydrogens is 238 g/mol. The molecule has 3 nitrogen and oxygen atoms in total. The molecule has 2 aromatic carbocycles. The van der Waals surface area contributed by atoms with Crippen LogP contribution < -0.4 is 5.32 Å². The Morgan fingerprint density at radius 3 is 2.37 bits per heavy atom. The topological polar surface area (TPSA) is 49.3 Å². The van der Waals surface area contributed by atoms with Crippen molar-refractivity contribution >= 4 is 5.91 Å². The van der Waals surface area contributed by atoms with E-state index in [0.717, 1.165) is 11.1 Å². The van der Waals surface area contributed by atoms with Crippen molar-refractivity contribution in [1.29, 1.82) is 0 Å². The number of aliphatic hydroxyl groups excluding tert-OH is 1. The molecule has 0 aliphatic carbocycles. The molecule has 0 saturated heterocycles. The molecule has 3 heteroatoms. The summed E-state index contributed by atoms with van der Waals surface area (Å²) in [6.07, 6.45) is 0. The Balaban J connectivity index is 2.16. The van der Waals surface area contributed by atoms with Gasteiger partial charge < -0.3 is 10.4 Å². The van der Waals surface area contributed by atoms with Gasteiger partial charge in [0.2, 0.25) is 0 Å². The Bertz CT molecular complexity index is 552. The molecule has 1 unspecified atom stereocenters. The maximum atomic E-state index is 12.2. The zero-order chi connectivity index (χ0) is 13.7. The maximum absolute atomic E-state index is 12.2. The second-order valence-electron chi connectivity index (χ2n) is 4.43. The van der Waals surface area contributed by atoms with Crippen molar-refractivity contribution in [3.8, 4) is 0 Å². The summed E-state index contributed by atoms with van der Waals surface area (Å²) in [4.78, 5) is 12.2. The van der Waals surface area contributed by atoms with Gasteiger partial charge in [-0.05, 0) is 24.1 Å². The van der Waals surface area contributed by atoms with Crippen LogP contribution in [0.1, 0.15) is 27.5 Å². The zero-order valence-corrected chi connectivity index (χ0v) is 10.8. The van der Waals surface area contributed by atoms with Crippen LogP contribution in [0.2, 0.25) is 0 Å². The Morgan fingerprint density at radius 1 is 1.11 bits per heavy atom. The van der Waals surface area contributed by atoms with Crippen molar-refractivity contribution in [2.45, 2.75) is 13.0 Å². The van der Waals surface area contributed by atoms with Crippen molar-refractivity contribution in [2.24, 2.45) is 0 Å². The first-order chi connectivity index (χ1) is 9.22. The molecule has 0 saturated carbocycles. The number of aryl methyl sites for hydroxylation is 1. The SMILES string of the molecule is Cc1ccccc1C(=O)NC(CO)c1ccccc1. The van der Waals surface area contributed by atoms with Crippen LogP contribution in [0.3, 0.4) is 0 Å². The lowest BCUT2D eigenvalue weighted by Gasteiger charge is -2.17. The number of rotatable bonds is 4. The molecule has 19 heavy (non-hydrogen) atoms. The fraction of sp³-hybridized carbons (Fsp3) is 0.188. The predicted molar refractivity (Wildman–Crippen MR) is 74.9 cm³/mol. The van der Waals surface area contributed by atoms with Gasteiger partial charge in [-0.1, -0.05) is 48.5 Å².